The number of halogens is 1. The molecule has 2 heterocycles. The number of rotatable bonds is 1. The Morgan fingerprint density at radius 3 is 2.80 bits per heavy atom. The van der Waals surface area contributed by atoms with Crippen LogP contribution in [0.3, 0.4) is 0 Å². The number of aryl methyl sites for hydroxylation is 1. The topological polar surface area (TPSA) is 46.3 Å². The highest BCUT2D eigenvalue weighted by Crippen LogP contribution is 2.43. The van der Waals surface area contributed by atoms with E-state index in [1.54, 1.807) is 6.07 Å². The zero-order valence-electron chi connectivity index (χ0n) is 13.2. The van der Waals surface area contributed by atoms with Gasteiger partial charge in [-0.15, -0.1) is 11.3 Å². The van der Waals surface area contributed by atoms with E-state index in [0.717, 1.165) is 20.3 Å². The van der Waals surface area contributed by atoms with Gasteiger partial charge in [0.15, 0.2) is 17.1 Å². The van der Waals surface area contributed by atoms with E-state index in [2.05, 4.69) is 4.98 Å². The van der Waals surface area contributed by atoms with Gasteiger partial charge in [-0.25, -0.2) is 9.37 Å². The maximum absolute atomic E-state index is 14.9. The van der Waals surface area contributed by atoms with Crippen molar-refractivity contribution >= 4 is 42.6 Å². The zero-order chi connectivity index (χ0) is 17.1. The second-order valence-electron chi connectivity index (χ2n) is 6.05. The van der Waals surface area contributed by atoms with Crippen molar-refractivity contribution in [2.75, 3.05) is 0 Å². The molecule has 5 heteroatoms. The molecule has 5 rings (SSSR count). The van der Waals surface area contributed by atoms with Gasteiger partial charge in [-0.1, -0.05) is 24.3 Å². The van der Waals surface area contributed by atoms with Crippen LogP contribution in [0.4, 0.5) is 4.39 Å². The summed E-state index contributed by atoms with van der Waals surface area (Å²) in [5.74, 6) is -0.848. The number of phenolic OH excluding ortho intramolecular Hbond substituents is 1. The molecule has 25 heavy (non-hydrogen) atoms. The van der Waals surface area contributed by atoms with E-state index in [-0.39, 0.29) is 11.5 Å². The molecule has 1 N–H and O–H groups in total. The molecule has 0 atom stereocenters. The van der Waals surface area contributed by atoms with Crippen molar-refractivity contribution in [3.63, 3.8) is 0 Å². The van der Waals surface area contributed by atoms with Gasteiger partial charge in [0.2, 0.25) is 5.89 Å². The molecule has 3 aromatic carbocycles. The molecule has 0 saturated carbocycles. The van der Waals surface area contributed by atoms with Crippen LogP contribution in [0.5, 0.6) is 5.75 Å². The van der Waals surface area contributed by atoms with Crippen LogP contribution in [-0.2, 0) is 0 Å². The van der Waals surface area contributed by atoms with E-state index in [1.165, 1.54) is 11.3 Å². The van der Waals surface area contributed by atoms with E-state index < -0.39 is 11.6 Å². The summed E-state index contributed by atoms with van der Waals surface area (Å²) < 4.78 is 22.4. The molecule has 0 saturated heterocycles. The summed E-state index contributed by atoms with van der Waals surface area (Å²) in [6, 6.07) is 15.0. The number of hydrogen-bond acceptors (Lipinski definition) is 4. The van der Waals surface area contributed by atoms with Crippen molar-refractivity contribution in [3.05, 3.63) is 59.9 Å². The fraction of sp³-hybridized carbons (Fsp3) is 0.0500. The SMILES string of the molecule is Cc1ccc2nc(-c3cc4sc5ccccc5c4c(F)c3O)oc2c1. The minimum Gasteiger partial charge on any atom is -0.504 e. The first-order valence-corrected chi connectivity index (χ1v) is 8.64. The third kappa shape index (κ3) is 2.06. The maximum Gasteiger partial charge on any atom is 0.231 e. The van der Waals surface area contributed by atoms with Gasteiger partial charge in [0, 0.05) is 20.2 Å². The highest BCUT2D eigenvalue weighted by molar-refractivity contribution is 7.25. The lowest BCUT2D eigenvalue weighted by Gasteiger charge is -2.03. The van der Waals surface area contributed by atoms with Crippen molar-refractivity contribution in [2.24, 2.45) is 0 Å². The molecule has 5 aromatic rings. The van der Waals surface area contributed by atoms with E-state index in [4.69, 9.17) is 4.42 Å². The molecule has 0 radical (unpaired) electrons. The second kappa shape index (κ2) is 5.04. The van der Waals surface area contributed by atoms with E-state index >= 15 is 0 Å². The van der Waals surface area contributed by atoms with Gasteiger partial charge in [0.25, 0.3) is 0 Å². The zero-order valence-corrected chi connectivity index (χ0v) is 14.0. The van der Waals surface area contributed by atoms with Crippen molar-refractivity contribution in [1.82, 2.24) is 4.98 Å². The summed E-state index contributed by atoms with van der Waals surface area (Å²) in [5.41, 5.74) is 2.61. The molecule has 0 fully saturated rings. The van der Waals surface area contributed by atoms with Crippen LogP contribution in [0.2, 0.25) is 0 Å². The smallest absolute Gasteiger partial charge is 0.231 e. The predicted octanol–water partition coefficient (Wildman–Crippen LogP) is 6.02. The van der Waals surface area contributed by atoms with Crippen molar-refractivity contribution in [2.45, 2.75) is 6.92 Å². The average molecular weight is 349 g/mol. The predicted molar refractivity (Wildman–Crippen MR) is 98.7 cm³/mol. The van der Waals surface area contributed by atoms with Crippen LogP contribution < -0.4 is 0 Å². The van der Waals surface area contributed by atoms with Crippen LogP contribution in [0.1, 0.15) is 5.56 Å². The normalized spacial score (nSPS) is 11.8. The number of aromatic nitrogens is 1. The Labute approximate surface area is 146 Å². The Kier molecular flexibility index (Phi) is 2.91. The van der Waals surface area contributed by atoms with Crippen LogP contribution in [0.15, 0.2) is 52.9 Å². The summed E-state index contributed by atoms with van der Waals surface area (Å²) in [7, 11) is 0. The molecule has 122 valence electrons. The van der Waals surface area contributed by atoms with Gasteiger partial charge in [-0.05, 0) is 36.8 Å². The van der Waals surface area contributed by atoms with Crippen LogP contribution in [-0.4, -0.2) is 10.1 Å². The number of phenols is 1. The Balaban J connectivity index is 1.83. The highest BCUT2D eigenvalue weighted by atomic mass is 32.1. The van der Waals surface area contributed by atoms with Crippen LogP contribution in [0.25, 0.3) is 42.7 Å². The molecule has 0 aliphatic heterocycles. The molecule has 2 aromatic heterocycles. The van der Waals surface area contributed by atoms with Crippen LogP contribution >= 0.6 is 11.3 Å². The highest BCUT2D eigenvalue weighted by Gasteiger charge is 2.21. The number of benzene rings is 3. The lowest BCUT2D eigenvalue weighted by Crippen LogP contribution is -1.85. The van der Waals surface area contributed by atoms with Gasteiger partial charge >= 0.3 is 0 Å². The standard InChI is InChI=1S/C20H12FNO2S/c1-10-6-7-13-14(8-10)24-20(22-13)12-9-16-17(18(21)19(12)23)11-4-2-3-5-15(11)25-16/h2-9,23H,1H3. The second-order valence-corrected chi connectivity index (χ2v) is 7.13. The Bertz CT molecular complexity index is 1290. The number of aromatic hydroxyl groups is 1. The molecule has 0 unspecified atom stereocenters. The van der Waals surface area contributed by atoms with E-state index in [1.807, 2.05) is 49.4 Å². The molecule has 0 aliphatic rings. The van der Waals surface area contributed by atoms with Crippen molar-refractivity contribution < 1.29 is 13.9 Å². The van der Waals surface area contributed by atoms with Crippen molar-refractivity contribution in [1.29, 1.82) is 0 Å². The minimum atomic E-state index is -0.636. The first-order chi connectivity index (χ1) is 12.1. The average Bonchev–Trinajstić information content (AvgIpc) is 3.18. The lowest BCUT2D eigenvalue weighted by molar-refractivity contribution is 0.436. The molecule has 0 spiro atoms. The summed E-state index contributed by atoms with van der Waals surface area (Å²) in [6.45, 7) is 1.96. The third-order valence-corrected chi connectivity index (χ3v) is 5.47. The van der Waals surface area contributed by atoms with Gasteiger partial charge in [-0.2, -0.15) is 0 Å². The van der Waals surface area contributed by atoms with Gasteiger partial charge in [0.1, 0.15) is 5.52 Å². The molecular weight excluding hydrogens is 337 g/mol. The Morgan fingerprint density at radius 2 is 1.92 bits per heavy atom. The first-order valence-electron chi connectivity index (χ1n) is 7.82. The van der Waals surface area contributed by atoms with Crippen LogP contribution in [0, 0.1) is 12.7 Å². The largest absolute Gasteiger partial charge is 0.504 e. The molecule has 0 amide bonds. The lowest BCUT2D eigenvalue weighted by atomic mass is 10.1. The quantitative estimate of drug-likeness (QED) is 0.403. The fourth-order valence-corrected chi connectivity index (χ4v) is 4.28. The van der Waals surface area contributed by atoms with Crippen molar-refractivity contribution in [3.8, 4) is 17.2 Å². The Hall–Kier alpha value is -2.92. The summed E-state index contributed by atoms with van der Waals surface area (Å²) in [6.07, 6.45) is 0. The number of nitrogens with zero attached hydrogens (tertiary/aromatic N) is 1. The van der Waals surface area contributed by atoms with E-state index in [9.17, 15) is 9.50 Å². The molecule has 0 bridgehead atoms. The van der Waals surface area contributed by atoms with Gasteiger partial charge < -0.3 is 9.52 Å². The van der Waals surface area contributed by atoms with E-state index in [0.29, 0.717) is 16.5 Å². The number of oxazole rings is 1. The number of thiophene rings is 1. The summed E-state index contributed by atoms with van der Waals surface area (Å²) >= 11 is 1.48. The van der Waals surface area contributed by atoms with Gasteiger partial charge in [0.05, 0.1) is 5.56 Å². The molecule has 3 nitrogen and oxygen atoms in total. The third-order valence-electron chi connectivity index (χ3n) is 4.36. The first kappa shape index (κ1) is 14.4. The molecular formula is C20H12FNO2S. The van der Waals surface area contributed by atoms with Gasteiger partial charge in [-0.3, -0.25) is 0 Å². The number of hydrogen-bond donors (Lipinski definition) is 1. The minimum absolute atomic E-state index is 0.219. The number of fused-ring (bicyclic) bond motifs is 4. The monoisotopic (exact) mass is 349 g/mol. The maximum atomic E-state index is 14.9. The molecule has 0 aliphatic carbocycles. The fourth-order valence-electron chi connectivity index (χ4n) is 3.14. The summed E-state index contributed by atoms with van der Waals surface area (Å²) in [4.78, 5) is 4.40. The summed E-state index contributed by atoms with van der Waals surface area (Å²) in [5, 5.41) is 11.7. The Morgan fingerprint density at radius 1 is 1.08 bits per heavy atom.